The van der Waals surface area contributed by atoms with Gasteiger partial charge in [-0.3, -0.25) is 9.78 Å². The zero-order valence-electron chi connectivity index (χ0n) is 15.5. The Labute approximate surface area is 161 Å². The molecule has 0 atom stereocenters. The Kier molecular flexibility index (Phi) is 5.13. The summed E-state index contributed by atoms with van der Waals surface area (Å²) in [6.07, 6.45) is 6.17. The van der Waals surface area contributed by atoms with E-state index >= 15 is 0 Å². The Bertz CT molecular complexity index is 1100. The molecule has 28 heavy (non-hydrogen) atoms. The van der Waals surface area contributed by atoms with Crippen LogP contribution in [0.5, 0.6) is 0 Å². The predicted octanol–water partition coefficient (Wildman–Crippen LogP) is 2.26. The molecule has 3 aromatic heterocycles. The third-order valence-electron chi connectivity index (χ3n) is 4.31. The van der Waals surface area contributed by atoms with Crippen LogP contribution in [0.15, 0.2) is 48.1 Å². The first kappa shape index (κ1) is 18.7. The van der Waals surface area contributed by atoms with Crippen molar-refractivity contribution in [2.45, 2.75) is 13.8 Å². The molecule has 0 bridgehead atoms. The van der Waals surface area contributed by atoms with E-state index in [0.29, 0.717) is 33.9 Å². The van der Waals surface area contributed by atoms with Crippen molar-refractivity contribution in [1.82, 2.24) is 19.7 Å². The second-order valence-corrected chi connectivity index (χ2v) is 6.06. The maximum Gasteiger partial charge on any atom is 0.261 e. The Morgan fingerprint density at radius 2 is 2.11 bits per heavy atom. The van der Waals surface area contributed by atoms with E-state index in [1.807, 2.05) is 0 Å². The molecule has 0 aliphatic heterocycles. The second kappa shape index (κ2) is 7.67. The molecule has 0 spiro atoms. The molecule has 1 N–H and O–H groups in total. The van der Waals surface area contributed by atoms with Gasteiger partial charge in [0, 0.05) is 25.0 Å². The first-order chi connectivity index (χ1) is 13.5. The number of anilines is 1. The van der Waals surface area contributed by atoms with Crippen LogP contribution >= 0.6 is 0 Å². The van der Waals surface area contributed by atoms with E-state index in [1.54, 1.807) is 62.2 Å². The van der Waals surface area contributed by atoms with Gasteiger partial charge in [0.2, 0.25) is 0 Å². The van der Waals surface area contributed by atoms with Gasteiger partial charge in [-0.1, -0.05) is 5.16 Å². The highest BCUT2D eigenvalue weighted by Gasteiger charge is 2.21. The highest BCUT2D eigenvalue weighted by Crippen LogP contribution is 2.20. The van der Waals surface area contributed by atoms with E-state index < -0.39 is 0 Å². The summed E-state index contributed by atoms with van der Waals surface area (Å²) in [6, 6.07) is 7.02. The van der Waals surface area contributed by atoms with Crippen molar-refractivity contribution >= 4 is 17.3 Å². The molecule has 3 heterocycles. The van der Waals surface area contributed by atoms with Crippen molar-refractivity contribution in [3.8, 4) is 11.9 Å². The van der Waals surface area contributed by atoms with Crippen molar-refractivity contribution in [2.75, 3.05) is 11.9 Å². The van der Waals surface area contributed by atoms with Crippen LogP contribution in [0.25, 0.3) is 5.82 Å². The number of nitriles is 1. The monoisotopic (exact) mass is 375 g/mol. The minimum absolute atomic E-state index is 0.131. The molecule has 1 amide bonds. The predicted molar refractivity (Wildman–Crippen MR) is 102 cm³/mol. The number of hydrogen-bond donors (Lipinski definition) is 1. The fourth-order valence-corrected chi connectivity index (χ4v) is 2.75. The van der Waals surface area contributed by atoms with E-state index in [0.717, 1.165) is 0 Å². The van der Waals surface area contributed by atoms with Gasteiger partial charge in [-0.15, -0.1) is 0 Å². The van der Waals surface area contributed by atoms with Gasteiger partial charge in [0.05, 0.1) is 29.3 Å². The van der Waals surface area contributed by atoms with Crippen molar-refractivity contribution < 1.29 is 10.0 Å². The number of amides is 1. The molecule has 3 rings (SSSR count). The largest absolute Gasteiger partial charge is 0.410 e. The molecule has 0 radical (unpaired) electrons. The van der Waals surface area contributed by atoms with Crippen molar-refractivity contribution in [3.05, 3.63) is 65.4 Å². The lowest BCUT2D eigenvalue weighted by atomic mass is 10.1. The average molecular weight is 375 g/mol. The van der Waals surface area contributed by atoms with Gasteiger partial charge in [0.25, 0.3) is 5.91 Å². The van der Waals surface area contributed by atoms with Gasteiger partial charge < -0.3 is 10.1 Å². The van der Waals surface area contributed by atoms with Crippen molar-refractivity contribution in [1.29, 1.82) is 5.26 Å². The summed E-state index contributed by atoms with van der Waals surface area (Å²) in [5.74, 6) is 0.296. The standard InChI is InChI=1S/C19H17N7O2/c1-12-7-14(17(8-20)24-28)9-22-18(12)26-13(2)16(11-23-26)19(27)25(3)15-5-4-6-21-10-15/h4-7,9-11,28H,1-3H3. The van der Waals surface area contributed by atoms with Crippen LogP contribution in [0.2, 0.25) is 0 Å². The highest BCUT2D eigenvalue weighted by atomic mass is 16.4. The van der Waals surface area contributed by atoms with Crippen molar-refractivity contribution in [3.63, 3.8) is 0 Å². The third kappa shape index (κ3) is 3.31. The molecule has 0 aliphatic rings. The number of nitrogens with zero attached hydrogens (tertiary/aromatic N) is 7. The summed E-state index contributed by atoms with van der Waals surface area (Å²) in [6.45, 7) is 3.57. The molecule has 9 nitrogen and oxygen atoms in total. The van der Waals surface area contributed by atoms with E-state index in [9.17, 15) is 4.79 Å². The molecule has 0 aliphatic carbocycles. The van der Waals surface area contributed by atoms with Gasteiger partial charge in [0.1, 0.15) is 6.07 Å². The summed E-state index contributed by atoms with van der Waals surface area (Å²) in [5, 5.41) is 25.1. The molecule has 0 saturated carbocycles. The molecular weight excluding hydrogens is 358 g/mol. The molecule has 0 unspecified atom stereocenters. The zero-order chi connectivity index (χ0) is 20.3. The van der Waals surface area contributed by atoms with Gasteiger partial charge in [0.15, 0.2) is 11.5 Å². The van der Waals surface area contributed by atoms with Crippen LogP contribution < -0.4 is 4.90 Å². The fraction of sp³-hybridized carbons (Fsp3) is 0.158. The van der Waals surface area contributed by atoms with Crippen LogP contribution in [-0.4, -0.2) is 43.6 Å². The summed E-state index contributed by atoms with van der Waals surface area (Å²) in [4.78, 5) is 22.7. The SMILES string of the molecule is Cc1cc(C(C#N)=NO)cnc1-n1ncc(C(=O)N(C)c2cccnc2)c1C. The molecule has 0 saturated heterocycles. The van der Waals surface area contributed by atoms with Crippen LogP contribution in [-0.2, 0) is 0 Å². The molecule has 3 aromatic rings. The van der Waals surface area contributed by atoms with Crippen LogP contribution in [0.3, 0.4) is 0 Å². The number of aromatic nitrogens is 4. The van der Waals surface area contributed by atoms with Crippen LogP contribution in [0.4, 0.5) is 5.69 Å². The first-order valence-corrected chi connectivity index (χ1v) is 8.30. The van der Waals surface area contributed by atoms with Gasteiger partial charge in [-0.2, -0.15) is 10.4 Å². The maximum atomic E-state index is 12.9. The van der Waals surface area contributed by atoms with Crippen LogP contribution in [0, 0.1) is 25.2 Å². The topological polar surface area (TPSA) is 120 Å². The number of rotatable bonds is 4. The van der Waals surface area contributed by atoms with E-state index in [-0.39, 0.29) is 11.6 Å². The molecule has 140 valence electrons. The zero-order valence-corrected chi connectivity index (χ0v) is 15.5. The average Bonchev–Trinajstić information content (AvgIpc) is 3.09. The molecular formula is C19H17N7O2. The van der Waals surface area contributed by atoms with Crippen molar-refractivity contribution in [2.24, 2.45) is 5.16 Å². The first-order valence-electron chi connectivity index (χ1n) is 8.30. The lowest BCUT2D eigenvalue weighted by molar-refractivity contribution is 0.0992. The van der Waals surface area contributed by atoms with E-state index in [4.69, 9.17) is 10.5 Å². The lowest BCUT2D eigenvalue weighted by Crippen LogP contribution is -2.26. The summed E-state index contributed by atoms with van der Waals surface area (Å²) in [7, 11) is 1.67. The van der Waals surface area contributed by atoms with Gasteiger partial charge in [-0.05, 0) is 37.6 Å². The number of oxime groups is 1. The quantitative estimate of drug-likeness (QED) is 0.424. The molecule has 9 heteroatoms. The molecule has 0 aromatic carbocycles. The number of carbonyl (C=O) groups is 1. The Morgan fingerprint density at radius 1 is 1.32 bits per heavy atom. The summed E-state index contributed by atoms with van der Waals surface area (Å²) in [5.41, 5.74) is 2.70. The maximum absolute atomic E-state index is 12.9. The third-order valence-corrected chi connectivity index (χ3v) is 4.31. The van der Waals surface area contributed by atoms with Gasteiger partial charge in [-0.25, -0.2) is 9.67 Å². The number of aryl methyl sites for hydroxylation is 1. The van der Waals surface area contributed by atoms with E-state index in [2.05, 4.69) is 20.2 Å². The number of carbonyl (C=O) groups excluding carboxylic acids is 1. The van der Waals surface area contributed by atoms with Gasteiger partial charge >= 0.3 is 0 Å². The summed E-state index contributed by atoms with van der Waals surface area (Å²) >= 11 is 0. The minimum Gasteiger partial charge on any atom is -0.410 e. The number of hydrogen-bond acceptors (Lipinski definition) is 7. The number of pyridine rings is 2. The Balaban J connectivity index is 1.96. The minimum atomic E-state index is -0.217. The lowest BCUT2D eigenvalue weighted by Gasteiger charge is -2.16. The Hall–Kier alpha value is -4.06. The normalized spacial score (nSPS) is 11.1. The Morgan fingerprint density at radius 3 is 2.71 bits per heavy atom. The fourth-order valence-electron chi connectivity index (χ4n) is 2.75. The van der Waals surface area contributed by atoms with E-state index in [1.165, 1.54) is 17.3 Å². The summed E-state index contributed by atoms with van der Waals surface area (Å²) < 4.78 is 1.56. The smallest absolute Gasteiger partial charge is 0.261 e. The second-order valence-electron chi connectivity index (χ2n) is 6.06. The van der Waals surface area contributed by atoms with Crippen LogP contribution in [0.1, 0.15) is 27.2 Å². The molecule has 0 fully saturated rings. The highest BCUT2D eigenvalue weighted by molar-refractivity contribution is 6.11.